The fraction of sp³-hybridized carbons (Fsp3) is 0.400. The summed E-state index contributed by atoms with van der Waals surface area (Å²) in [5, 5.41) is 11.3. The molecule has 1 aliphatic rings. The van der Waals surface area contributed by atoms with Crippen molar-refractivity contribution >= 4 is 28.6 Å². The summed E-state index contributed by atoms with van der Waals surface area (Å²) in [7, 11) is 0. The lowest BCUT2D eigenvalue weighted by atomic mass is 10.1. The van der Waals surface area contributed by atoms with E-state index in [2.05, 4.69) is 0 Å². The van der Waals surface area contributed by atoms with Crippen molar-refractivity contribution in [2.45, 2.75) is 20.3 Å². The summed E-state index contributed by atoms with van der Waals surface area (Å²) in [6.45, 7) is 4.42. The first-order valence-electron chi connectivity index (χ1n) is 7.02. The maximum Gasteiger partial charge on any atom is 0.280 e. The van der Waals surface area contributed by atoms with E-state index in [1.807, 2.05) is 6.92 Å². The summed E-state index contributed by atoms with van der Waals surface area (Å²) >= 11 is 1.23. The summed E-state index contributed by atoms with van der Waals surface area (Å²) < 4.78 is 10.9. The molecule has 7 heteroatoms. The van der Waals surface area contributed by atoms with E-state index in [1.54, 1.807) is 19.1 Å². The van der Waals surface area contributed by atoms with Crippen LogP contribution >= 0.6 is 11.8 Å². The average Bonchev–Trinajstić information content (AvgIpc) is 2.87. The number of hydrogen-bond acceptors (Lipinski definition) is 6. The Labute approximate surface area is 132 Å². The maximum atomic E-state index is 11.7. The van der Waals surface area contributed by atoms with Gasteiger partial charge in [0.1, 0.15) is 0 Å². The van der Waals surface area contributed by atoms with Crippen LogP contribution in [0.25, 0.3) is 6.08 Å². The van der Waals surface area contributed by atoms with Crippen molar-refractivity contribution < 1.29 is 19.2 Å². The molecule has 0 unspecified atom stereocenters. The molecular weight excluding hydrogens is 306 g/mol. The third-order valence-corrected chi connectivity index (χ3v) is 4.02. The molecule has 0 bridgehead atoms. The number of nitro groups is 1. The summed E-state index contributed by atoms with van der Waals surface area (Å²) in [5.41, 5.74) is 0.867. The molecule has 22 heavy (non-hydrogen) atoms. The van der Waals surface area contributed by atoms with Crippen LogP contribution in [0, 0.1) is 10.1 Å². The quantitative estimate of drug-likeness (QED) is 0.453. The highest BCUT2D eigenvalue weighted by Gasteiger charge is 2.23. The number of carbonyl (C=O) groups excluding carboxylic acids is 1. The SMILES string of the molecule is CCOc1cc(/C=C2\CCSC2=O)c([N+](=O)[O-])cc1OCC. The lowest BCUT2D eigenvalue weighted by Gasteiger charge is -2.12. The predicted octanol–water partition coefficient (Wildman–Crippen LogP) is 3.44. The van der Waals surface area contributed by atoms with Gasteiger partial charge in [0, 0.05) is 11.3 Å². The maximum absolute atomic E-state index is 11.7. The summed E-state index contributed by atoms with van der Waals surface area (Å²) in [4.78, 5) is 22.5. The molecule has 1 aromatic rings. The van der Waals surface area contributed by atoms with Crippen LogP contribution in [0.3, 0.4) is 0 Å². The Morgan fingerprint density at radius 2 is 1.91 bits per heavy atom. The fourth-order valence-corrected chi connectivity index (χ4v) is 3.00. The van der Waals surface area contributed by atoms with Crippen LogP contribution in [0.15, 0.2) is 17.7 Å². The minimum absolute atomic E-state index is 0.0267. The van der Waals surface area contributed by atoms with Gasteiger partial charge in [-0.1, -0.05) is 11.8 Å². The molecule has 1 saturated heterocycles. The van der Waals surface area contributed by atoms with Crippen LogP contribution < -0.4 is 9.47 Å². The Balaban J connectivity index is 2.52. The number of carbonyl (C=O) groups is 1. The van der Waals surface area contributed by atoms with Crippen molar-refractivity contribution in [1.29, 1.82) is 0 Å². The molecule has 118 valence electrons. The predicted molar refractivity (Wildman–Crippen MR) is 85.5 cm³/mol. The highest BCUT2D eigenvalue weighted by molar-refractivity contribution is 8.14. The molecular formula is C15H17NO5S. The Hall–Kier alpha value is -2.02. The molecule has 1 aliphatic heterocycles. The zero-order valence-electron chi connectivity index (χ0n) is 12.5. The normalized spacial score (nSPS) is 16.1. The van der Waals surface area contributed by atoms with E-state index in [0.717, 1.165) is 0 Å². The first-order valence-corrected chi connectivity index (χ1v) is 8.01. The second-order valence-corrected chi connectivity index (χ2v) is 5.60. The summed E-state index contributed by atoms with van der Waals surface area (Å²) in [5.74, 6) is 1.50. The largest absolute Gasteiger partial charge is 0.490 e. The Morgan fingerprint density at radius 1 is 1.27 bits per heavy atom. The van der Waals surface area contributed by atoms with E-state index in [4.69, 9.17) is 9.47 Å². The molecule has 0 aliphatic carbocycles. The molecule has 1 heterocycles. The first-order chi connectivity index (χ1) is 10.6. The number of hydrogen-bond donors (Lipinski definition) is 0. The number of ether oxygens (including phenoxy) is 2. The van der Waals surface area contributed by atoms with Crippen LogP contribution in [0.2, 0.25) is 0 Å². The smallest absolute Gasteiger partial charge is 0.280 e. The van der Waals surface area contributed by atoms with Gasteiger partial charge < -0.3 is 9.47 Å². The van der Waals surface area contributed by atoms with Crippen LogP contribution in [0.1, 0.15) is 25.8 Å². The molecule has 1 fully saturated rings. The summed E-state index contributed by atoms with van der Waals surface area (Å²) in [6.07, 6.45) is 2.20. The number of rotatable bonds is 6. The topological polar surface area (TPSA) is 78.7 Å². The van der Waals surface area contributed by atoms with Gasteiger partial charge in [-0.2, -0.15) is 0 Å². The van der Waals surface area contributed by atoms with Crippen molar-refractivity contribution in [2.24, 2.45) is 0 Å². The van der Waals surface area contributed by atoms with E-state index < -0.39 is 4.92 Å². The lowest BCUT2D eigenvalue weighted by molar-refractivity contribution is -0.385. The van der Waals surface area contributed by atoms with Gasteiger partial charge in [-0.15, -0.1) is 0 Å². The number of thioether (sulfide) groups is 1. The number of nitro benzene ring substituents is 1. The standard InChI is InChI=1S/C15H17NO5S/c1-3-20-13-8-11(7-10-5-6-22-15(10)17)12(16(18)19)9-14(13)21-4-2/h7-9H,3-6H2,1-2H3/b10-7+. The van der Waals surface area contributed by atoms with Crippen LogP contribution in [-0.2, 0) is 4.79 Å². The highest BCUT2D eigenvalue weighted by atomic mass is 32.2. The molecule has 2 rings (SSSR count). The third-order valence-electron chi connectivity index (χ3n) is 3.09. The fourth-order valence-electron chi connectivity index (χ4n) is 2.14. The van der Waals surface area contributed by atoms with Crippen molar-refractivity contribution in [2.75, 3.05) is 19.0 Å². The van der Waals surface area contributed by atoms with E-state index in [0.29, 0.717) is 48.0 Å². The van der Waals surface area contributed by atoms with Gasteiger partial charge in [0.2, 0.25) is 5.12 Å². The molecule has 0 radical (unpaired) electrons. The molecule has 6 nitrogen and oxygen atoms in total. The van der Waals surface area contributed by atoms with Crippen LogP contribution in [-0.4, -0.2) is 29.0 Å². The Kier molecular flexibility index (Phi) is 5.43. The Bertz CT molecular complexity index is 627. The third kappa shape index (κ3) is 3.59. The van der Waals surface area contributed by atoms with Crippen LogP contribution in [0.4, 0.5) is 5.69 Å². The minimum Gasteiger partial charge on any atom is -0.490 e. The van der Waals surface area contributed by atoms with Gasteiger partial charge in [-0.25, -0.2) is 0 Å². The zero-order chi connectivity index (χ0) is 16.1. The van der Waals surface area contributed by atoms with Crippen LogP contribution in [0.5, 0.6) is 11.5 Å². The molecule has 0 spiro atoms. The summed E-state index contributed by atoms with van der Waals surface area (Å²) in [6, 6.07) is 2.92. The van der Waals surface area contributed by atoms with Gasteiger partial charge >= 0.3 is 0 Å². The van der Waals surface area contributed by atoms with Crippen molar-refractivity contribution in [3.8, 4) is 11.5 Å². The van der Waals surface area contributed by atoms with E-state index in [-0.39, 0.29) is 10.8 Å². The minimum atomic E-state index is -0.475. The van der Waals surface area contributed by atoms with Crippen molar-refractivity contribution in [3.63, 3.8) is 0 Å². The molecule has 0 amide bonds. The first kappa shape index (κ1) is 16.4. The number of nitrogens with zero attached hydrogens (tertiary/aromatic N) is 1. The Morgan fingerprint density at radius 3 is 2.41 bits per heavy atom. The van der Waals surface area contributed by atoms with Crippen molar-refractivity contribution in [1.82, 2.24) is 0 Å². The van der Waals surface area contributed by atoms with Gasteiger partial charge in [0.05, 0.1) is 29.8 Å². The van der Waals surface area contributed by atoms with E-state index in [9.17, 15) is 14.9 Å². The van der Waals surface area contributed by atoms with Gasteiger partial charge in [0.15, 0.2) is 11.5 Å². The molecule has 0 aromatic heterocycles. The van der Waals surface area contributed by atoms with Gasteiger partial charge in [-0.3, -0.25) is 14.9 Å². The van der Waals surface area contributed by atoms with Gasteiger partial charge in [-0.05, 0) is 32.4 Å². The van der Waals surface area contributed by atoms with Crippen molar-refractivity contribution in [3.05, 3.63) is 33.4 Å². The second kappa shape index (κ2) is 7.31. The average molecular weight is 323 g/mol. The second-order valence-electron chi connectivity index (χ2n) is 4.54. The monoisotopic (exact) mass is 323 g/mol. The molecule has 0 saturated carbocycles. The number of benzene rings is 1. The van der Waals surface area contributed by atoms with E-state index >= 15 is 0 Å². The van der Waals surface area contributed by atoms with Gasteiger partial charge in [0.25, 0.3) is 5.69 Å². The zero-order valence-corrected chi connectivity index (χ0v) is 13.3. The molecule has 0 atom stereocenters. The molecule has 0 N–H and O–H groups in total. The highest BCUT2D eigenvalue weighted by Crippen LogP contribution is 2.37. The lowest BCUT2D eigenvalue weighted by Crippen LogP contribution is -2.01. The van der Waals surface area contributed by atoms with E-state index in [1.165, 1.54) is 17.8 Å². The molecule has 1 aromatic carbocycles.